The number of imide groups is 1. The Hall–Kier alpha value is -2.24. The Bertz CT molecular complexity index is 686. The van der Waals surface area contributed by atoms with Gasteiger partial charge >= 0.3 is 0 Å². The molecular weight excluding hydrogens is 246 g/mol. The minimum absolute atomic E-state index is 0.0516. The highest BCUT2D eigenvalue weighted by Gasteiger charge is 2.25. The summed E-state index contributed by atoms with van der Waals surface area (Å²) < 4.78 is 0. The molecule has 1 aliphatic rings. The van der Waals surface area contributed by atoms with Crippen LogP contribution in [0.2, 0.25) is 0 Å². The van der Waals surface area contributed by atoms with Crippen LogP contribution in [0.15, 0.2) is 30.3 Å². The Labute approximate surface area is 108 Å². The number of rotatable bonds is 2. The Kier molecular flexibility index (Phi) is 2.58. The van der Waals surface area contributed by atoms with E-state index in [1.54, 1.807) is 30.3 Å². The van der Waals surface area contributed by atoms with Gasteiger partial charge in [0.15, 0.2) is 6.29 Å². The van der Waals surface area contributed by atoms with Crippen LogP contribution in [0, 0.1) is 0 Å². The molecule has 96 valence electrons. The number of aliphatic hydroxyl groups excluding tert-OH is 1. The van der Waals surface area contributed by atoms with Crippen molar-refractivity contribution in [3.63, 3.8) is 0 Å². The van der Waals surface area contributed by atoms with Gasteiger partial charge in [0.2, 0.25) is 0 Å². The van der Waals surface area contributed by atoms with E-state index >= 15 is 0 Å². The molecule has 0 atom stereocenters. The molecule has 19 heavy (non-hydrogen) atoms. The maximum Gasteiger partial charge on any atom is 0.258 e. The van der Waals surface area contributed by atoms with Crippen molar-refractivity contribution >= 4 is 22.6 Å². The molecule has 0 saturated heterocycles. The molecule has 3 N–H and O–H groups in total. The maximum absolute atomic E-state index is 11.8. The summed E-state index contributed by atoms with van der Waals surface area (Å²) in [4.78, 5) is 23.6. The summed E-state index contributed by atoms with van der Waals surface area (Å²) in [5, 5.41) is 21.7. The molecule has 0 aromatic heterocycles. The maximum atomic E-state index is 11.8. The van der Waals surface area contributed by atoms with Gasteiger partial charge in [0.1, 0.15) is 0 Å². The number of amides is 2. The molecule has 2 aromatic rings. The van der Waals surface area contributed by atoms with Gasteiger partial charge in [-0.25, -0.2) is 0 Å². The molecule has 2 aromatic carbocycles. The van der Waals surface area contributed by atoms with E-state index in [1.807, 2.05) is 0 Å². The number of carbonyl (C=O) groups is 2. The monoisotopic (exact) mass is 257 g/mol. The molecule has 0 unspecified atom stereocenters. The Balaban J connectivity index is 2.35. The quantitative estimate of drug-likeness (QED) is 0.542. The van der Waals surface area contributed by atoms with Crippen LogP contribution in [0.25, 0.3) is 10.8 Å². The molecule has 2 amide bonds. The summed E-state index contributed by atoms with van der Waals surface area (Å²) >= 11 is 0. The first kappa shape index (κ1) is 11.8. The lowest BCUT2D eigenvalue weighted by Gasteiger charge is -2.18. The van der Waals surface area contributed by atoms with Crippen LogP contribution >= 0.6 is 0 Å². The highest BCUT2D eigenvalue weighted by atomic mass is 16.5. The number of nitrogens with one attached hydrogen (secondary N) is 1. The fourth-order valence-corrected chi connectivity index (χ4v) is 2.46. The van der Waals surface area contributed by atoms with Gasteiger partial charge in [-0.1, -0.05) is 18.2 Å². The SMILES string of the molecule is O=C1NC(=O)c2ccc(CC(O)O)c3cccc1c23. The molecule has 0 spiro atoms. The first-order chi connectivity index (χ1) is 9.08. The lowest BCUT2D eigenvalue weighted by Crippen LogP contribution is -2.34. The van der Waals surface area contributed by atoms with E-state index in [1.165, 1.54) is 0 Å². The van der Waals surface area contributed by atoms with Crippen molar-refractivity contribution < 1.29 is 19.8 Å². The molecule has 1 aliphatic heterocycles. The average molecular weight is 257 g/mol. The summed E-state index contributed by atoms with van der Waals surface area (Å²) in [6.45, 7) is 0. The molecular formula is C14H11NO4. The standard InChI is InChI=1S/C14H11NO4/c16-11(17)6-7-4-5-10-12-8(7)2-1-3-9(12)13(18)15-14(10)19/h1-5,11,16-17H,6H2,(H,15,18,19). The van der Waals surface area contributed by atoms with Crippen molar-refractivity contribution in [1.82, 2.24) is 5.32 Å². The van der Waals surface area contributed by atoms with Crippen LogP contribution in [0.3, 0.4) is 0 Å². The number of carbonyl (C=O) groups excluding carboxylic acids is 2. The summed E-state index contributed by atoms with van der Waals surface area (Å²) in [6.07, 6.45) is -1.42. The predicted molar refractivity (Wildman–Crippen MR) is 67.7 cm³/mol. The van der Waals surface area contributed by atoms with Crippen molar-refractivity contribution in [1.29, 1.82) is 0 Å². The van der Waals surface area contributed by atoms with Crippen LogP contribution in [0.4, 0.5) is 0 Å². The Morgan fingerprint density at radius 2 is 1.68 bits per heavy atom. The normalized spacial score (nSPS) is 14.1. The van der Waals surface area contributed by atoms with Gasteiger partial charge in [0, 0.05) is 22.9 Å². The first-order valence-electron chi connectivity index (χ1n) is 5.84. The molecule has 0 aliphatic carbocycles. The molecule has 0 saturated carbocycles. The second kappa shape index (κ2) is 4.15. The first-order valence-corrected chi connectivity index (χ1v) is 5.84. The number of hydrogen-bond donors (Lipinski definition) is 3. The van der Waals surface area contributed by atoms with Crippen LogP contribution in [-0.2, 0) is 6.42 Å². The van der Waals surface area contributed by atoms with E-state index in [9.17, 15) is 9.59 Å². The van der Waals surface area contributed by atoms with E-state index < -0.39 is 18.1 Å². The van der Waals surface area contributed by atoms with Crippen molar-refractivity contribution in [3.8, 4) is 0 Å². The average Bonchev–Trinajstić information content (AvgIpc) is 2.36. The van der Waals surface area contributed by atoms with Crippen LogP contribution < -0.4 is 5.32 Å². The largest absolute Gasteiger partial charge is 0.368 e. The van der Waals surface area contributed by atoms with Gasteiger partial charge in [-0.15, -0.1) is 0 Å². The zero-order valence-corrected chi connectivity index (χ0v) is 9.88. The molecule has 3 rings (SSSR count). The highest BCUT2D eigenvalue weighted by molar-refractivity contribution is 6.25. The fourth-order valence-electron chi connectivity index (χ4n) is 2.46. The van der Waals surface area contributed by atoms with Gasteiger partial charge in [0.05, 0.1) is 0 Å². The predicted octanol–water partition coefficient (Wildman–Crippen LogP) is 0.577. The second-order valence-electron chi connectivity index (χ2n) is 4.47. The van der Waals surface area contributed by atoms with Crippen LogP contribution in [0.1, 0.15) is 26.3 Å². The summed E-state index contributed by atoms with van der Waals surface area (Å²) in [5.41, 5.74) is 1.56. The van der Waals surface area contributed by atoms with Crippen LogP contribution in [0.5, 0.6) is 0 Å². The Morgan fingerprint density at radius 3 is 2.37 bits per heavy atom. The molecule has 1 heterocycles. The van der Waals surface area contributed by atoms with E-state index in [0.29, 0.717) is 27.5 Å². The highest BCUT2D eigenvalue weighted by Crippen LogP contribution is 2.29. The Morgan fingerprint density at radius 1 is 1.00 bits per heavy atom. The summed E-state index contributed by atoms with van der Waals surface area (Å²) in [5.74, 6) is -0.852. The smallest absolute Gasteiger partial charge is 0.258 e. The number of hydrogen-bond acceptors (Lipinski definition) is 4. The number of aliphatic hydroxyl groups is 2. The minimum Gasteiger partial charge on any atom is -0.368 e. The van der Waals surface area contributed by atoms with Crippen LogP contribution in [-0.4, -0.2) is 28.3 Å². The molecule has 0 radical (unpaired) electrons. The minimum atomic E-state index is -1.47. The lowest BCUT2D eigenvalue weighted by molar-refractivity contribution is -0.0379. The third kappa shape index (κ3) is 1.80. The van der Waals surface area contributed by atoms with E-state index in [2.05, 4.69) is 5.32 Å². The fraction of sp³-hybridized carbons (Fsp3) is 0.143. The molecule has 0 fully saturated rings. The topological polar surface area (TPSA) is 86.6 Å². The van der Waals surface area contributed by atoms with Gasteiger partial charge in [-0.2, -0.15) is 0 Å². The van der Waals surface area contributed by atoms with E-state index in [0.717, 1.165) is 0 Å². The van der Waals surface area contributed by atoms with E-state index in [-0.39, 0.29) is 6.42 Å². The van der Waals surface area contributed by atoms with Gasteiger partial charge in [-0.05, 0) is 23.1 Å². The van der Waals surface area contributed by atoms with Gasteiger partial charge in [-0.3, -0.25) is 14.9 Å². The molecule has 5 heteroatoms. The van der Waals surface area contributed by atoms with Crippen molar-refractivity contribution in [2.24, 2.45) is 0 Å². The lowest BCUT2D eigenvalue weighted by atomic mass is 9.91. The van der Waals surface area contributed by atoms with E-state index in [4.69, 9.17) is 10.2 Å². The van der Waals surface area contributed by atoms with Crippen molar-refractivity contribution in [2.45, 2.75) is 12.7 Å². The number of benzene rings is 2. The summed E-state index contributed by atoms with van der Waals surface area (Å²) in [6, 6.07) is 8.41. The van der Waals surface area contributed by atoms with Crippen molar-refractivity contribution in [3.05, 3.63) is 47.0 Å². The summed E-state index contributed by atoms with van der Waals surface area (Å²) in [7, 11) is 0. The third-order valence-electron chi connectivity index (χ3n) is 3.25. The van der Waals surface area contributed by atoms with Crippen molar-refractivity contribution in [2.75, 3.05) is 0 Å². The second-order valence-corrected chi connectivity index (χ2v) is 4.47. The van der Waals surface area contributed by atoms with Gasteiger partial charge < -0.3 is 10.2 Å². The zero-order valence-electron chi connectivity index (χ0n) is 9.88. The van der Waals surface area contributed by atoms with Gasteiger partial charge in [0.25, 0.3) is 11.8 Å². The zero-order chi connectivity index (χ0) is 13.6. The molecule has 0 bridgehead atoms. The third-order valence-corrected chi connectivity index (χ3v) is 3.25. The molecule has 5 nitrogen and oxygen atoms in total.